The van der Waals surface area contributed by atoms with E-state index in [4.69, 9.17) is 33.2 Å². The quantitative estimate of drug-likeness (QED) is 0.0188. The summed E-state index contributed by atoms with van der Waals surface area (Å²) in [6.45, 7) is 17.6. The first-order chi connectivity index (χ1) is 39.7. The number of ether oxygens (including phenoxy) is 7. The summed E-state index contributed by atoms with van der Waals surface area (Å²) in [5, 5.41) is 0. The number of rotatable bonds is 50. The lowest BCUT2D eigenvalue weighted by atomic mass is 10.1. The van der Waals surface area contributed by atoms with Crippen molar-refractivity contribution in [2.45, 2.75) is 297 Å². The van der Waals surface area contributed by atoms with Gasteiger partial charge in [0.15, 0.2) is 12.6 Å². The van der Waals surface area contributed by atoms with Crippen LogP contribution in [0.1, 0.15) is 273 Å². The van der Waals surface area contributed by atoms with Crippen molar-refractivity contribution in [2.75, 3.05) is 65.8 Å². The minimum absolute atomic E-state index is 0.0663. The number of hydrogen-bond acceptors (Lipinski definition) is 12. The normalized spacial score (nSPS) is 12.5. The van der Waals surface area contributed by atoms with Crippen LogP contribution in [0.5, 0.6) is 0 Å². The molecule has 0 N–H and O–H groups in total. The monoisotopic (exact) mass is 1130 g/mol. The van der Waals surface area contributed by atoms with Crippen LogP contribution in [0.4, 0.5) is 0 Å². The first kappa shape index (κ1) is 74.9. The molecule has 0 radical (unpaired) electrons. The molecule has 81 heavy (non-hydrogen) atoms. The van der Waals surface area contributed by atoms with Crippen molar-refractivity contribution in [1.82, 2.24) is 9.80 Å². The van der Waals surface area contributed by atoms with Crippen LogP contribution in [0.15, 0.2) is 0 Å². The van der Waals surface area contributed by atoms with E-state index in [0.717, 1.165) is 154 Å². The van der Waals surface area contributed by atoms with Gasteiger partial charge in [-0.15, -0.1) is 47.4 Å². The van der Waals surface area contributed by atoms with E-state index < -0.39 is 30.6 Å². The Hall–Kier alpha value is -4.08. The summed E-state index contributed by atoms with van der Waals surface area (Å²) in [5.74, 6) is 24.2. The molecule has 1 atom stereocenters. The van der Waals surface area contributed by atoms with Crippen LogP contribution in [0, 0.1) is 47.4 Å². The number of carbonyl (C=O) groups excluding carboxylic acids is 4. The first-order valence-electron chi connectivity index (χ1n) is 32.5. The fourth-order valence-electron chi connectivity index (χ4n) is 9.04. The Bertz CT molecular complexity index is 1670. The van der Waals surface area contributed by atoms with Crippen LogP contribution < -0.4 is 0 Å². The van der Waals surface area contributed by atoms with E-state index >= 15 is 0 Å². The van der Waals surface area contributed by atoms with E-state index in [9.17, 15) is 19.2 Å². The van der Waals surface area contributed by atoms with Gasteiger partial charge in [-0.2, -0.15) is 0 Å². The number of esters is 3. The molecule has 1 unspecified atom stereocenters. The minimum atomic E-state index is -0.756. The summed E-state index contributed by atoms with van der Waals surface area (Å²) in [4.78, 5) is 58.8. The lowest BCUT2D eigenvalue weighted by Crippen LogP contribution is -2.47. The molecule has 0 bridgehead atoms. The van der Waals surface area contributed by atoms with Crippen molar-refractivity contribution in [3.63, 3.8) is 0 Å². The van der Waals surface area contributed by atoms with Crippen LogP contribution in [-0.4, -0.2) is 124 Å². The van der Waals surface area contributed by atoms with Crippen molar-refractivity contribution in [2.24, 2.45) is 0 Å². The van der Waals surface area contributed by atoms with Gasteiger partial charge in [0, 0.05) is 77.2 Å². The summed E-state index contributed by atoms with van der Waals surface area (Å²) in [7, 11) is 0. The van der Waals surface area contributed by atoms with Gasteiger partial charge in [-0.1, -0.05) is 92.9 Å². The second kappa shape index (κ2) is 56.4. The van der Waals surface area contributed by atoms with Crippen molar-refractivity contribution < 1.29 is 52.3 Å². The third kappa shape index (κ3) is 46.0. The minimum Gasteiger partial charge on any atom is -0.463 e. The van der Waals surface area contributed by atoms with E-state index in [2.05, 4.69) is 93.8 Å². The predicted octanol–water partition coefficient (Wildman–Crippen LogP) is 14.4. The summed E-state index contributed by atoms with van der Waals surface area (Å²) in [6, 6.07) is -0.756. The zero-order chi connectivity index (χ0) is 58.9. The Balaban J connectivity index is 3.17. The second-order valence-corrected chi connectivity index (χ2v) is 21.4. The lowest BCUT2D eigenvalue weighted by Gasteiger charge is -2.32. The highest BCUT2D eigenvalue weighted by molar-refractivity contribution is 5.82. The fourth-order valence-corrected chi connectivity index (χ4v) is 9.04. The SMILES string of the molecule is CCCCC#CCCOC(CCCCC(=O)OCC(COC(=O)CCCCC(OCCC#CCCCC)OCCC#CCCCC)N(CCCN1CCCC1)C(=O)CCC(=O)OC(CCC)CCCCCC)OCCC#CCCCC. The molecule has 1 saturated heterocycles. The van der Waals surface area contributed by atoms with Crippen LogP contribution in [0.25, 0.3) is 0 Å². The van der Waals surface area contributed by atoms with Gasteiger partial charge in [0.2, 0.25) is 5.91 Å². The highest BCUT2D eigenvalue weighted by Crippen LogP contribution is 2.18. The Labute approximate surface area is 494 Å². The molecule has 0 aromatic carbocycles. The number of carbonyl (C=O) groups is 4. The molecule has 1 fully saturated rings. The van der Waals surface area contributed by atoms with Crippen molar-refractivity contribution in [3.8, 4) is 47.4 Å². The van der Waals surface area contributed by atoms with Crippen LogP contribution in [-0.2, 0) is 52.3 Å². The standard InChI is InChI=1S/C68H114N2O11/c1-7-13-18-23-27-38-55-75-67(76-56-39-28-24-19-14-8-2)47-34-32-45-64(72)79-59-61(60-80-65(73)46-33-35-48-68(77-57-40-29-25-20-15-9-3)78-58-41-30-26-21-16-10-4)70(54-42-53-69-51-36-37-52-69)63(71)49-50-66(74)81-62(43-12-6)44-31-22-17-11-5/h61-62,67-68H,7-22,31-60H2,1-6H3. The molecule has 0 aromatic heterocycles. The first-order valence-corrected chi connectivity index (χ1v) is 32.5. The van der Waals surface area contributed by atoms with Gasteiger partial charge in [-0.05, 0) is 122 Å². The average Bonchev–Trinajstić information content (AvgIpc) is 4.00. The molecule has 1 heterocycles. The Morgan fingerprint density at radius 3 is 1.26 bits per heavy atom. The van der Waals surface area contributed by atoms with E-state index in [1.54, 1.807) is 4.90 Å². The zero-order valence-electron chi connectivity index (χ0n) is 52.2. The third-order valence-electron chi connectivity index (χ3n) is 13.9. The van der Waals surface area contributed by atoms with Crippen LogP contribution >= 0.6 is 0 Å². The van der Waals surface area contributed by atoms with Crippen molar-refractivity contribution in [1.29, 1.82) is 0 Å². The van der Waals surface area contributed by atoms with E-state index in [1.807, 2.05) is 0 Å². The molecule has 462 valence electrons. The van der Waals surface area contributed by atoms with Crippen molar-refractivity contribution >= 4 is 23.8 Å². The molecule has 13 heteroatoms. The number of amides is 1. The number of hydrogen-bond donors (Lipinski definition) is 0. The molecule has 13 nitrogen and oxygen atoms in total. The van der Waals surface area contributed by atoms with E-state index in [-0.39, 0.29) is 56.9 Å². The zero-order valence-corrected chi connectivity index (χ0v) is 52.2. The molecular formula is C68H114N2O11. The smallest absolute Gasteiger partial charge is 0.306 e. The number of nitrogens with zero attached hydrogens (tertiary/aromatic N) is 2. The Kier molecular flexibility index (Phi) is 52.2. The maximum atomic E-state index is 14.4. The molecule has 0 aromatic rings. The van der Waals surface area contributed by atoms with E-state index in [1.165, 1.54) is 0 Å². The molecule has 1 aliphatic rings. The molecular weight excluding hydrogens is 1020 g/mol. The van der Waals surface area contributed by atoms with Gasteiger partial charge >= 0.3 is 17.9 Å². The summed E-state index contributed by atoms with van der Waals surface area (Å²) in [6.07, 6.45) is 27.5. The fraction of sp³-hybridized carbons (Fsp3) is 0.824. The van der Waals surface area contributed by atoms with Gasteiger partial charge in [-0.25, -0.2) is 0 Å². The number of unbranched alkanes of at least 4 members (excludes halogenated alkanes) is 13. The molecule has 1 amide bonds. The molecule has 1 rings (SSSR count). The topological polar surface area (TPSA) is 139 Å². The largest absolute Gasteiger partial charge is 0.463 e. The molecule has 1 aliphatic heterocycles. The van der Waals surface area contributed by atoms with Crippen LogP contribution in [0.3, 0.4) is 0 Å². The highest BCUT2D eigenvalue weighted by Gasteiger charge is 2.28. The lowest BCUT2D eigenvalue weighted by molar-refractivity contribution is -0.156. The molecule has 0 aliphatic carbocycles. The maximum absolute atomic E-state index is 14.4. The predicted molar refractivity (Wildman–Crippen MR) is 326 cm³/mol. The summed E-state index contributed by atoms with van der Waals surface area (Å²) < 4.78 is 42.3. The summed E-state index contributed by atoms with van der Waals surface area (Å²) >= 11 is 0. The molecule has 0 saturated carbocycles. The third-order valence-corrected chi connectivity index (χ3v) is 13.9. The summed E-state index contributed by atoms with van der Waals surface area (Å²) in [5.41, 5.74) is 0. The Morgan fingerprint density at radius 1 is 0.420 bits per heavy atom. The second-order valence-electron chi connectivity index (χ2n) is 21.4. The maximum Gasteiger partial charge on any atom is 0.306 e. The molecule has 0 spiro atoms. The van der Waals surface area contributed by atoms with Gasteiger partial charge in [0.05, 0.1) is 38.9 Å². The van der Waals surface area contributed by atoms with Gasteiger partial charge in [0.25, 0.3) is 0 Å². The van der Waals surface area contributed by atoms with Gasteiger partial charge in [0.1, 0.15) is 19.3 Å². The average molecular weight is 1140 g/mol. The Morgan fingerprint density at radius 2 is 0.840 bits per heavy atom. The van der Waals surface area contributed by atoms with Gasteiger partial charge < -0.3 is 43.0 Å². The van der Waals surface area contributed by atoms with E-state index in [0.29, 0.717) is 104 Å². The number of likely N-dealkylation sites (tertiary alicyclic amines) is 1. The van der Waals surface area contributed by atoms with Gasteiger partial charge in [-0.3, -0.25) is 19.2 Å². The van der Waals surface area contributed by atoms with Crippen LogP contribution in [0.2, 0.25) is 0 Å². The highest BCUT2D eigenvalue weighted by atomic mass is 16.7. The van der Waals surface area contributed by atoms with Crippen molar-refractivity contribution in [3.05, 3.63) is 0 Å².